The van der Waals surface area contributed by atoms with Gasteiger partial charge in [0.2, 0.25) is 47.5 Å². The molecule has 6 aliphatic rings. The third-order valence-corrected chi connectivity index (χ3v) is 23.9. The normalized spacial score (nSPS) is 15.5. The van der Waals surface area contributed by atoms with Crippen molar-refractivity contribution in [3.8, 4) is 0 Å². The van der Waals surface area contributed by atoms with Gasteiger partial charge in [-0.05, 0) is 232 Å². The number of anilines is 6. The maximum atomic E-state index is 12.5. The summed E-state index contributed by atoms with van der Waals surface area (Å²) in [5, 5.41) is 16.3. The first-order valence-corrected chi connectivity index (χ1v) is 44.5. The first kappa shape index (κ1) is 89.1. The van der Waals surface area contributed by atoms with Crippen LogP contribution >= 0.6 is 24.0 Å². The number of nitrogens with one attached hydrogen (secondary N) is 5. The quantitative estimate of drug-likeness (QED) is 0.0315. The number of hydrogen-bond donors (Lipinski definition) is 5. The van der Waals surface area contributed by atoms with Gasteiger partial charge in [0.1, 0.15) is 38.6 Å². The van der Waals surface area contributed by atoms with Gasteiger partial charge >= 0.3 is 0 Å². The van der Waals surface area contributed by atoms with E-state index >= 15 is 0 Å². The standard InChI is InChI=1S/C20H29N5O2.C20H22N4O.C19H26N4.C18H19ClN4O.C18H26N4.ClH/c1-20(2,3)13-17(26)23-19-21-15-7-8-16(24-9-11-27-12-10-24)22-18(15)25(19)14-5-4-6-14;1-13-5-3-6-15(11-13)12-18(25)23-20-22-17-10-9-14(2)21-19(17)24(20)16-7-4-8-16;1-13-10-12-17-18(20-13)23(16-7-4-8-16)19(22-17)21-14(2)9-11-15-5-3-6-15;1-2-12-23-17-14(9-10-15(19)21-17)20-18(23)22-16(24)11-8-13-6-4-3-5-7-13;1-12(2)8-9-14(4)20-18-21-16-11-10-13(3)19-17(16)22(18)15-6-5-7-15;/h7-8,14H,4-6,9-13H2,1-3H3,(H,21,23,26);3,5-6,9-11,16H,4,7-8,12H2,1-2H3,(H,22,23,25);10,12,15-16H,2-9,11H2,1H3,(H,21,22);3-7,9-10H,2,8,11-12H2,1H3,(H,20,22,24);10-12,15H,4-9H2,1-3H3,(H,20,21);1H. The summed E-state index contributed by atoms with van der Waals surface area (Å²) in [5.41, 5.74) is 17.3. The summed E-state index contributed by atoms with van der Waals surface area (Å²) in [6.07, 6.45) is 25.8. The van der Waals surface area contributed by atoms with Crippen LogP contribution in [0.5, 0.6) is 0 Å². The van der Waals surface area contributed by atoms with E-state index in [1.54, 1.807) is 6.07 Å². The van der Waals surface area contributed by atoms with E-state index in [0.29, 0.717) is 84.4 Å². The first-order valence-electron chi connectivity index (χ1n) is 44.1. The number of benzene rings is 2. The van der Waals surface area contributed by atoms with Gasteiger partial charge in [0.15, 0.2) is 28.2 Å². The molecule has 1 aliphatic heterocycles. The van der Waals surface area contributed by atoms with Gasteiger partial charge in [0.25, 0.3) is 0 Å². The molecule has 27 heteroatoms. The molecule has 0 atom stereocenters. The SMILES string of the molecule is C=C(CCC(C)C)Nc1nc2ccc(C)nc2n1C1CCC1.C=C(CCC1CCC1)Nc1nc2ccc(C)nc2n1C1CCC1.CC(C)(C)CC(=O)Nc1nc2ccc(N3CCOCC3)nc2n1C1CCC1.CCCn1c(NC(=O)CCc2ccccc2)nc2ccc(Cl)nc21.Cc1cccc(CC(=O)Nc2nc3ccc(C)nc3n2C2CCC2)c1.Cl. The molecule has 646 valence electrons. The van der Waals surface area contributed by atoms with Crippen molar-refractivity contribution in [2.75, 3.05) is 57.8 Å². The highest BCUT2D eigenvalue weighted by molar-refractivity contribution is 6.29. The van der Waals surface area contributed by atoms with Crippen LogP contribution in [0.1, 0.15) is 241 Å². The summed E-state index contributed by atoms with van der Waals surface area (Å²) in [4.78, 5) is 86.2. The lowest BCUT2D eigenvalue weighted by Gasteiger charge is -2.30. The highest BCUT2D eigenvalue weighted by atomic mass is 35.5. The predicted molar refractivity (Wildman–Crippen MR) is 495 cm³/mol. The van der Waals surface area contributed by atoms with E-state index in [-0.39, 0.29) is 35.5 Å². The Hall–Kier alpha value is -10.6. The Morgan fingerprint density at radius 2 is 0.926 bits per heavy atom. The Balaban J connectivity index is 0.000000131. The lowest BCUT2D eigenvalue weighted by molar-refractivity contribution is -0.118. The van der Waals surface area contributed by atoms with Crippen LogP contribution in [0.25, 0.3) is 55.8 Å². The van der Waals surface area contributed by atoms with Gasteiger partial charge in [-0.25, -0.2) is 49.8 Å². The molecule has 5 N–H and O–H groups in total. The van der Waals surface area contributed by atoms with Crippen molar-refractivity contribution in [2.45, 2.75) is 254 Å². The number of carbonyl (C=O) groups excluding carboxylic acids is 3. The summed E-state index contributed by atoms with van der Waals surface area (Å²) < 4.78 is 16.2. The fraction of sp³-hybridized carbons (Fsp3) is 0.484. The number of amides is 3. The van der Waals surface area contributed by atoms with Crippen LogP contribution in [0, 0.1) is 44.9 Å². The number of pyridine rings is 5. The zero-order valence-corrected chi connectivity index (χ0v) is 74.5. The number of halogens is 2. The number of imidazole rings is 5. The second kappa shape index (κ2) is 41.0. The van der Waals surface area contributed by atoms with Crippen LogP contribution in [-0.2, 0) is 38.5 Å². The zero-order chi connectivity index (χ0) is 84.8. The van der Waals surface area contributed by atoms with Crippen LogP contribution in [0.4, 0.5) is 35.6 Å². The zero-order valence-electron chi connectivity index (χ0n) is 72.9. The van der Waals surface area contributed by atoms with Crippen molar-refractivity contribution < 1.29 is 19.1 Å². The van der Waals surface area contributed by atoms with Crippen LogP contribution in [0.15, 0.2) is 140 Å². The van der Waals surface area contributed by atoms with Crippen molar-refractivity contribution in [3.05, 3.63) is 179 Å². The molecular weight excluding hydrogens is 1570 g/mol. The van der Waals surface area contributed by atoms with Gasteiger partial charge in [-0.1, -0.05) is 146 Å². The lowest BCUT2D eigenvalue weighted by atomic mass is 9.82. The largest absolute Gasteiger partial charge is 0.378 e. The number of nitrogens with zero attached hydrogens (tertiary/aromatic N) is 16. The van der Waals surface area contributed by atoms with Crippen LogP contribution in [0.3, 0.4) is 0 Å². The highest BCUT2D eigenvalue weighted by Gasteiger charge is 2.32. The average Bonchev–Trinajstić information content (AvgIpc) is 1.79. The third-order valence-electron chi connectivity index (χ3n) is 23.7. The summed E-state index contributed by atoms with van der Waals surface area (Å²) in [6.45, 7) is 33.1. The Morgan fingerprint density at radius 3 is 1.39 bits per heavy atom. The molecule has 122 heavy (non-hydrogen) atoms. The molecular formula is C95H123Cl2N21O4. The average molecular weight is 1690 g/mol. The molecule has 10 aromatic heterocycles. The molecule has 5 saturated carbocycles. The number of morpholine rings is 1. The number of ether oxygens (including phenoxy) is 1. The highest BCUT2D eigenvalue weighted by Crippen LogP contribution is 2.42. The molecule has 2 aromatic carbocycles. The summed E-state index contributed by atoms with van der Waals surface area (Å²) in [5.74, 6) is 6.09. The van der Waals surface area contributed by atoms with Crippen LogP contribution in [-0.4, -0.2) is 117 Å². The fourth-order valence-corrected chi connectivity index (χ4v) is 16.1. The van der Waals surface area contributed by atoms with Gasteiger partial charge in [0.05, 0.1) is 19.6 Å². The van der Waals surface area contributed by atoms with Crippen LogP contribution in [0.2, 0.25) is 5.15 Å². The Kier molecular flexibility index (Phi) is 30.0. The van der Waals surface area contributed by atoms with E-state index in [1.807, 2.05) is 129 Å². The fourth-order valence-electron chi connectivity index (χ4n) is 15.9. The molecule has 6 fully saturated rings. The summed E-state index contributed by atoms with van der Waals surface area (Å²) >= 11 is 5.98. The van der Waals surface area contributed by atoms with Gasteiger partial charge < -0.3 is 20.3 Å². The molecule has 0 bridgehead atoms. The van der Waals surface area contributed by atoms with Crippen molar-refractivity contribution in [1.29, 1.82) is 0 Å². The monoisotopic (exact) mass is 1690 g/mol. The summed E-state index contributed by atoms with van der Waals surface area (Å²) in [7, 11) is 0. The van der Waals surface area contributed by atoms with E-state index in [2.05, 4.69) is 137 Å². The minimum Gasteiger partial charge on any atom is -0.378 e. The number of aryl methyl sites for hydroxylation is 6. The van der Waals surface area contributed by atoms with E-state index in [1.165, 1.54) is 77.0 Å². The number of fused-ring (bicyclic) bond motifs is 5. The molecule has 0 radical (unpaired) electrons. The van der Waals surface area contributed by atoms with Gasteiger partial charge in [-0.15, -0.1) is 12.4 Å². The second-order valence-electron chi connectivity index (χ2n) is 35.4. The number of hydrogen-bond acceptors (Lipinski definition) is 17. The van der Waals surface area contributed by atoms with E-state index in [0.717, 1.165) is 203 Å². The molecule has 11 heterocycles. The van der Waals surface area contributed by atoms with Gasteiger partial charge in [0, 0.05) is 85.1 Å². The Morgan fingerprint density at radius 1 is 0.484 bits per heavy atom. The van der Waals surface area contributed by atoms with Crippen molar-refractivity contribution >= 4 is 133 Å². The molecule has 5 aliphatic carbocycles. The maximum absolute atomic E-state index is 12.5. The number of carbonyl (C=O) groups is 3. The second-order valence-corrected chi connectivity index (χ2v) is 35.8. The minimum atomic E-state index is -0.0578. The minimum absolute atomic E-state index is 0. The number of rotatable bonds is 26. The molecule has 0 spiro atoms. The molecule has 12 aromatic rings. The maximum Gasteiger partial charge on any atom is 0.231 e. The first-order chi connectivity index (χ1) is 58.4. The summed E-state index contributed by atoms with van der Waals surface area (Å²) in [6, 6.07) is 39.5. The van der Waals surface area contributed by atoms with Crippen molar-refractivity contribution in [2.24, 2.45) is 17.3 Å². The molecule has 0 unspecified atom stereocenters. The molecule has 3 amide bonds. The van der Waals surface area contributed by atoms with E-state index in [9.17, 15) is 14.4 Å². The predicted octanol–water partition coefficient (Wildman–Crippen LogP) is 21.6. The number of allylic oxidation sites excluding steroid dienone is 2. The molecule has 18 rings (SSSR count). The van der Waals surface area contributed by atoms with Crippen molar-refractivity contribution in [3.63, 3.8) is 0 Å². The van der Waals surface area contributed by atoms with E-state index in [4.69, 9.17) is 46.2 Å². The Bertz CT molecular complexity index is 5610. The van der Waals surface area contributed by atoms with Gasteiger partial charge in [-0.2, -0.15) is 0 Å². The van der Waals surface area contributed by atoms with E-state index < -0.39 is 0 Å². The lowest BCUT2D eigenvalue weighted by Crippen LogP contribution is -2.36. The molecule has 1 saturated heterocycles. The van der Waals surface area contributed by atoms with Crippen molar-refractivity contribution in [1.82, 2.24) is 72.7 Å². The number of aromatic nitrogens is 15. The molecule has 25 nitrogen and oxygen atoms in total. The van der Waals surface area contributed by atoms with Gasteiger partial charge in [-0.3, -0.25) is 53.2 Å². The Labute approximate surface area is 728 Å². The smallest absolute Gasteiger partial charge is 0.231 e. The topological polar surface area (TPSA) is 277 Å². The van der Waals surface area contributed by atoms with Crippen LogP contribution < -0.4 is 31.5 Å². The third kappa shape index (κ3) is 22.8.